The van der Waals surface area contributed by atoms with Crippen LogP contribution in [0.2, 0.25) is 0 Å². The zero-order chi connectivity index (χ0) is 28.1. The van der Waals surface area contributed by atoms with E-state index < -0.39 is 0 Å². The molecule has 0 aliphatic rings. The number of carbonyl (C=O) groups is 2. The number of pyridine rings is 1. The van der Waals surface area contributed by atoms with Crippen molar-refractivity contribution < 1.29 is 14.0 Å². The molecule has 13 heteroatoms. The highest BCUT2D eigenvalue weighted by molar-refractivity contribution is 5.94. The van der Waals surface area contributed by atoms with Crippen LogP contribution in [-0.4, -0.2) is 55.1 Å². The maximum atomic E-state index is 12.8. The Morgan fingerprint density at radius 3 is 2.65 bits per heavy atom. The summed E-state index contributed by atoms with van der Waals surface area (Å²) in [4.78, 5) is 34.2. The molecule has 0 saturated heterocycles. The number of hydrogen-bond acceptors (Lipinski definition) is 10. The summed E-state index contributed by atoms with van der Waals surface area (Å²) < 4.78 is 5.84. The number of carbonyl (C=O) groups excluding carboxylic acids is 2. The van der Waals surface area contributed by atoms with Gasteiger partial charge >= 0.3 is 0 Å². The van der Waals surface area contributed by atoms with Crippen molar-refractivity contribution in [1.82, 2.24) is 40.8 Å². The number of oxazole rings is 1. The molecular formula is C27H24N10O3. The van der Waals surface area contributed by atoms with Gasteiger partial charge in [-0.2, -0.15) is 10.1 Å². The lowest BCUT2D eigenvalue weighted by atomic mass is 10.0. The molecule has 0 radical (unpaired) electrons. The molecule has 3 N–H and O–H groups in total. The first-order valence-corrected chi connectivity index (χ1v) is 12.3. The minimum Gasteiger partial charge on any atom is -0.436 e. The van der Waals surface area contributed by atoms with Gasteiger partial charge in [-0.3, -0.25) is 14.6 Å². The van der Waals surface area contributed by atoms with Gasteiger partial charge in [-0.05, 0) is 53.2 Å². The highest BCUT2D eigenvalue weighted by atomic mass is 16.3. The number of fused-ring (bicyclic) bond motifs is 1. The van der Waals surface area contributed by atoms with Gasteiger partial charge in [0, 0.05) is 37.5 Å². The Labute approximate surface area is 228 Å². The van der Waals surface area contributed by atoms with Crippen LogP contribution in [0, 0.1) is 11.3 Å². The second-order valence-electron chi connectivity index (χ2n) is 8.83. The first-order valence-electron chi connectivity index (χ1n) is 12.3. The van der Waals surface area contributed by atoms with E-state index in [0.717, 1.165) is 5.56 Å². The first kappa shape index (κ1) is 26.1. The van der Waals surface area contributed by atoms with Gasteiger partial charge in [0.2, 0.25) is 11.8 Å². The van der Waals surface area contributed by atoms with Gasteiger partial charge in [-0.15, -0.1) is 10.2 Å². The van der Waals surface area contributed by atoms with Crippen LogP contribution < -0.4 is 16.0 Å². The number of tetrazole rings is 1. The van der Waals surface area contributed by atoms with Crippen LogP contribution in [0.5, 0.6) is 0 Å². The third-order valence-corrected chi connectivity index (χ3v) is 5.86. The molecule has 0 saturated carbocycles. The highest BCUT2D eigenvalue weighted by Gasteiger charge is 2.19. The van der Waals surface area contributed by atoms with Crippen molar-refractivity contribution in [2.45, 2.75) is 13.0 Å². The Bertz CT molecular complexity index is 1720. The number of amides is 2. The summed E-state index contributed by atoms with van der Waals surface area (Å²) in [5.74, 6) is 0.253. The van der Waals surface area contributed by atoms with Gasteiger partial charge < -0.3 is 20.4 Å². The zero-order valence-electron chi connectivity index (χ0n) is 21.6. The van der Waals surface area contributed by atoms with Crippen molar-refractivity contribution in [2.75, 3.05) is 18.4 Å². The van der Waals surface area contributed by atoms with E-state index in [4.69, 9.17) is 9.68 Å². The minimum absolute atomic E-state index is 0.182. The molecule has 3 aromatic heterocycles. The Morgan fingerprint density at radius 2 is 1.93 bits per heavy atom. The summed E-state index contributed by atoms with van der Waals surface area (Å²) in [6.45, 7) is 2.13. The van der Waals surface area contributed by atoms with Gasteiger partial charge in [-0.25, -0.2) is 4.98 Å². The van der Waals surface area contributed by atoms with E-state index in [1.165, 1.54) is 17.9 Å². The molecule has 0 aliphatic heterocycles. The van der Waals surface area contributed by atoms with Gasteiger partial charge in [0.25, 0.3) is 5.91 Å². The third-order valence-electron chi connectivity index (χ3n) is 5.86. The summed E-state index contributed by atoms with van der Waals surface area (Å²) in [6.07, 6.45) is 1.51. The monoisotopic (exact) mass is 536 g/mol. The summed E-state index contributed by atoms with van der Waals surface area (Å²) >= 11 is 0. The fourth-order valence-corrected chi connectivity index (χ4v) is 4.03. The molecule has 2 amide bonds. The van der Waals surface area contributed by atoms with Crippen molar-refractivity contribution in [3.8, 4) is 17.5 Å². The van der Waals surface area contributed by atoms with Crippen LogP contribution in [0.4, 0.5) is 5.69 Å². The van der Waals surface area contributed by atoms with Crippen LogP contribution in [-0.2, 0) is 11.8 Å². The lowest BCUT2D eigenvalue weighted by Gasteiger charge is -2.16. The lowest BCUT2D eigenvalue weighted by Crippen LogP contribution is -2.34. The summed E-state index contributed by atoms with van der Waals surface area (Å²) in [6, 6.07) is 17.3. The summed E-state index contributed by atoms with van der Waals surface area (Å²) in [7, 11) is 1.68. The van der Waals surface area contributed by atoms with E-state index in [1.807, 2.05) is 12.1 Å². The molecule has 2 aromatic carbocycles. The number of aromatic nitrogens is 6. The van der Waals surface area contributed by atoms with Crippen LogP contribution in [0.1, 0.15) is 40.4 Å². The molecular weight excluding hydrogens is 512 g/mol. The standard InChI is InChI=1S/C27H24N10O3/c1-16(38)32-20-7-8-23-21(14-20)33-27(40-23)19-9-10-29-22(13-19)26(39)31-12-11-30-24(25-34-36-37(2)35-25)18-5-3-17(15-28)4-6-18/h3-10,13-14,24,30H,11-12H2,1-2H3,(H,31,39)(H,32,38). The molecule has 40 heavy (non-hydrogen) atoms. The average molecular weight is 537 g/mol. The van der Waals surface area contributed by atoms with E-state index >= 15 is 0 Å². The Hall–Kier alpha value is -5.48. The van der Waals surface area contributed by atoms with Crippen molar-refractivity contribution >= 4 is 28.6 Å². The molecule has 1 atom stereocenters. The van der Waals surface area contributed by atoms with Crippen LogP contribution in [0.15, 0.2) is 65.2 Å². The van der Waals surface area contributed by atoms with Crippen LogP contribution >= 0.6 is 0 Å². The molecule has 13 nitrogen and oxygen atoms in total. The third kappa shape index (κ3) is 5.98. The fourth-order valence-electron chi connectivity index (χ4n) is 4.03. The Morgan fingerprint density at radius 1 is 1.10 bits per heavy atom. The topological polar surface area (TPSA) is 177 Å². The first-order chi connectivity index (χ1) is 19.4. The van der Waals surface area contributed by atoms with Crippen molar-refractivity contribution in [3.05, 3.63) is 83.4 Å². The fraction of sp³-hybridized carbons (Fsp3) is 0.185. The Kier molecular flexibility index (Phi) is 7.52. The van der Waals surface area contributed by atoms with Crippen LogP contribution in [0.25, 0.3) is 22.6 Å². The number of nitrogens with zero attached hydrogens (tertiary/aromatic N) is 7. The molecule has 0 spiro atoms. The number of nitriles is 1. The van der Waals surface area contributed by atoms with Gasteiger partial charge in [0.1, 0.15) is 11.2 Å². The number of anilines is 1. The van der Waals surface area contributed by atoms with Gasteiger partial charge in [0.15, 0.2) is 11.4 Å². The second kappa shape index (κ2) is 11.5. The number of rotatable bonds is 9. The van der Waals surface area contributed by atoms with Gasteiger partial charge in [0.05, 0.1) is 24.7 Å². The Balaban J connectivity index is 1.23. The molecule has 1 unspecified atom stereocenters. The van der Waals surface area contributed by atoms with E-state index in [0.29, 0.717) is 52.7 Å². The summed E-state index contributed by atoms with van der Waals surface area (Å²) in [5, 5.41) is 30.3. The predicted octanol–water partition coefficient (Wildman–Crippen LogP) is 2.35. The molecule has 5 aromatic rings. The van der Waals surface area contributed by atoms with E-state index in [1.54, 1.807) is 49.5 Å². The van der Waals surface area contributed by atoms with E-state index in [9.17, 15) is 9.59 Å². The quantitative estimate of drug-likeness (QED) is 0.237. The molecule has 5 rings (SSSR count). The number of benzene rings is 2. The van der Waals surface area contributed by atoms with Gasteiger partial charge in [-0.1, -0.05) is 12.1 Å². The minimum atomic E-state index is -0.384. The predicted molar refractivity (Wildman–Crippen MR) is 144 cm³/mol. The maximum Gasteiger partial charge on any atom is 0.269 e. The molecule has 3 heterocycles. The SMILES string of the molecule is CC(=O)Nc1ccc2oc(-c3ccnc(C(=O)NCCNC(c4ccc(C#N)cc4)c4nnn(C)n4)c3)nc2c1. The smallest absolute Gasteiger partial charge is 0.269 e. The average Bonchev–Trinajstić information content (AvgIpc) is 3.58. The van der Waals surface area contributed by atoms with E-state index in [-0.39, 0.29) is 23.6 Å². The zero-order valence-corrected chi connectivity index (χ0v) is 21.6. The second-order valence-corrected chi connectivity index (χ2v) is 8.83. The van der Waals surface area contributed by atoms with Crippen molar-refractivity contribution in [1.29, 1.82) is 5.26 Å². The lowest BCUT2D eigenvalue weighted by molar-refractivity contribution is -0.114. The van der Waals surface area contributed by atoms with Crippen molar-refractivity contribution in [2.24, 2.45) is 7.05 Å². The molecule has 0 fully saturated rings. The largest absolute Gasteiger partial charge is 0.436 e. The van der Waals surface area contributed by atoms with Crippen LogP contribution in [0.3, 0.4) is 0 Å². The maximum absolute atomic E-state index is 12.8. The molecule has 0 aliphatic carbocycles. The van der Waals surface area contributed by atoms with Crippen molar-refractivity contribution in [3.63, 3.8) is 0 Å². The number of hydrogen-bond donors (Lipinski definition) is 3. The van der Waals surface area contributed by atoms with E-state index in [2.05, 4.69) is 47.4 Å². The number of nitrogens with one attached hydrogen (secondary N) is 3. The highest BCUT2D eigenvalue weighted by Crippen LogP contribution is 2.26. The number of aryl methyl sites for hydroxylation is 1. The normalized spacial score (nSPS) is 11.6. The molecule has 0 bridgehead atoms. The summed E-state index contributed by atoms with van der Waals surface area (Å²) in [5.41, 5.74) is 3.93. The molecule has 200 valence electrons.